The molecule has 0 spiro atoms. The van der Waals surface area contributed by atoms with Gasteiger partial charge in [0.2, 0.25) is 0 Å². The van der Waals surface area contributed by atoms with Crippen molar-refractivity contribution in [3.05, 3.63) is 63.3 Å². The molecule has 124 valence electrons. The zero-order valence-corrected chi connectivity index (χ0v) is 13.5. The van der Waals surface area contributed by atoms with Gasteiger partial charge in [0.05, 0.1) is 10.6 Å². The zero-order valence-electron chi connectivity index (χ0n) is 12.0. The van der Waals surface area contributed by atoms with Crippen molar-refractivity contribution in [3.8, 4) is 11.5 Å². The average Bonchev–Trinajstić information content (AvgIpc) is 2.48. The molecule has 0 bridgehead atoms. The minimum absolute atomic E-state index is 0.0446. The van der Waals surface area contributed by atoms with Gasteiger partial charge in [0.15, 0.2) is 0 Å². The standard InChI is InChI=1S/C16H11Cl2NO5/c17-9-2-4-11(12(18)6-9)15(22)19-13(16(23)24)5-8-1-3-10(20)7-14(8)21/h1-7,20-21H,(H,19,22)(H,23,24)/b13-5+. The first-order valence-electron chi connectivity index (χ1n) is 6.51. The van der Waals surface area contributed by atoms with Crippen LogP contribution in [0.5, 0.6) is 11.5 Å². The van der Waals surface area contributed by atoms with Crippen molar-refractivity contribution in [1.82, 2.24) is 5.32 Å². The van der Waals surface area contributed by atoms with Crippen LogP contribution >= 0.6 is 23.2 Å². The largest absolute Gasteiger partial charge is 0.508 e. The van der Waals surface area contributed by atoms with Gasteiger partial charge >= 0.3 is 5.97 Å². The van der Waals surface area contributed by atoms with Crippen molar-refractivity contribution in [1.29, 1.82) is 0 Å². The molecule has 0 saturated carbocycles. The fourth-order valence-corrected chi connectivity index (χ4v) is 2.32. The topological polar surface area (TPSA) is 107 Å². The Morgan fingerprint density at radius 3 is 2.33 bits per heavy atom. The molecule has 0 aromatic heterocycles. The number of carbonyl (C=O) groups excluding carboxylic acids is 1. The van der Waals surface area contributed by atoms with E-state index in [1.54, 1.807) is 0 Å². The highest BCUT2D eigenvalue weighted by Gasteiger charge is 2.16. The molecular weight excluding hydrogens is 357 g/mol. The van der Waals surface area contributed by atoms with Crippen LogP contribution in [0.4, 0.5) is 0 Å². The monoisotopic (exact) mass is 367 g/mol. The molecule has 8 heteroatoms. The van der Waals surface area contributed by atoms with E-state index in [4.69, 9.17) is 23.2 Å². The van der Waals surface area contributed by atoms with E-state index < -0.39 is 17.6 Å². The number of carboxylic acid groups (broad SMARTS) is 1. The summed E-state index contributed by atoms with van der Waals surface area (Å²) < 4.78 is 0. The van der Waals surface area contributed by atoms with Crippen molar-refractivity contribution >= 4 is 41.2 Å². The third-order valence-corrected chi connectivity index (χ3v) is 3.52. The van der Waals surface area contributed by atoms with E-state index in [0.717, 1.165) is 12.1 Å². The van der Waals surface area contributed by atoms with Crippen molar-refractivity contribution in [2.75, 3.05) is 0 Å². The van der Waals surface area contributed by atoms with Gasteiger partial charge < -0.3 is 20.6 Å². The minimum Gasteiger partial charge on any atom is -0.508 e. The van der Waals surface area contributed by atoms with E-state index in [0.29, 0.717) is 5.02 Å². The normalized spacial score (nSPS) is 11.2. The number of carbonyl (C=O) groups is 2. The molecule has 24 heavy (non-hydrogen) atoms. The second-order valence-corrected chi connectivity index (χ2v) is 5.53. The first-order valence-corrected chi connectivity index (χ1v) is 7.27. The van der Waals surface area contributed by atoms with Crippen LogP contribution in [0, 0.1) is 0 Å². The molecule has 1 amide bonds. The highest BCUT2D eigenvalue weighted by Crippen LogP contribution is 2.25. The summed E-state index contributed by atoms with van der Waals surface area (Å²) in [7, 11) is 0. The molecule has 2 aromatic rings. The highest BCUT2D eigenvalue weighted by atomic mass is 35.5. The summed E-state index contributed by atoms with van der Waals surface area (Å²) in [5, 5.41) is 30.8. The van der Waals surface area contributed by atoms with E-state index in [9.17, 15) is 24.9 Å². The number of amides is 1. The number of phenols is 2. The molecular formula is C16H11Cl2NO5. The number of hydrogen-bond donors (Lipinski definition) is 4. The maximum atomic E-state index is 12.2. The molecule has 0 saturated heterocycles. The molecule has 0 aliphatic carbocycles. The van der Waals surface area contributed by atoms with Crippen LogP contribution in [0.15, 0.2) is 42.1 Å². The molecule has 4 N–H and O–H groups in total. The lowest BCUT2D eigenvalue weighted by Crippen LogP contribution is -2.27. The predicted molar refractivity (Wildman–Crippen MR) is 89.3 cm³/mol. The molecule has 2 rings (SSSR count). The molecule has 0 heterocycles. The second kappa shape index (κ2) is 7.25. The van der Waals surface area contributed by atoms with Gasteiger partial charge in [-0.05, 0) is 36.4 Å². The number of phenolic OH excluding ortho intramolecular Hbond substituents is 2. The summed E-state index contributed by atoms with van der Waals surface area (Å²) in [5.74, 6) is -2.68. The summed E-state index contributed by atoms with van der Waals surface area (Å²) in [6, 6.07) is 7.77. The van der Waals surface area contributed by atoms with Gasteiger partial charge in [-0.1, -0.05) is 23.2 Å². The Kier molecular flexibility index (Phi) is 5.33. The van der Waals surface area contributed by atoms with Crippen molar-refractivity contribution < 1.29 is 24.9 Å². The van der Waals surface area contributed by atoms with Gasteiger partial charge in [-0.15, -0.1) is 0 Å². The van der Waals surface area contributed by atoms with Gasteiger partial charge in [-0.2, -0.15) is 0 Å². The SMILES string of the molecule is O=C(O)/C(=C\c1ccc(O)cc1O)NC(=O)c1ccc(Cl)cc1Cl. The first-order chi connectivity index (χ1) is 11.3. The van der Waals surface area contributed by atoms with E-state index in [2.05, 4.69) is 5.32 Å². The van der Waals surface area contributed by atoms with Crippen LogP contribution in [0.3, 0.4) is 0 Å². The number of aromatic hydroxyl groups is 2. The smallest absolute Gasteiger partial charge is 0.352 e. The van der Waals surface area contributed by atoms with Gasteiger partial charge in [0.1, 0.15) is 17.2 Å². The molecule has 6 nitrogen and oxygen atoms in total. The molecule has 0 unspecified atom stereocenters. The maximum absolute atomic E-state index is 12.2. The Balaban J connectivity index is 2.33. The third-order valence-electron chi connectivity index (χ3n) is 2.97. The van der Waals surface area contributed by atoms with Gasteiger partial charge in [0.25, 0.3) is 5.91 Å². The number of carboxylic acids is 1. The number of rotatable bonds is 4. The Hall–Kier alpha value is -2.70. The fourth-order valence-electron chi connectivity index (χ4n) is 1.82. The number of aliphatic carboxylic acids is 1. The molecule has 0 aliphatic heterocycles. The number of benzene rings is 2. The minimum atomic E-state index is -1.42. The lowest BCUT2D eigenvalue weighted by Gasteiger charge is -2.08. The Morgan fingerprint density at radius 1 is 1.04 bits per heavy atom. The van der Waals surface area contributed by atoms with Crippen LogP contribution in [-0.4, -0.2) is 27.2 Å². The summed E-state index contributed by atoms with van der Waals surface area (Å²) in [4.78, 5) is 23.5. The Bertz CT molecular complexity index is 848. The van der Waals surface area contributed by atoms with E-state index in [1.807, 2.05) is 0 Å². The Labute approximate surface area is 146 Å². The maximum Gasteiger partial charge on any atom is 0.352 e. The molecule has 0 fully saturated rings. The lowest BCUT2D eigenvalue weighted by molar-refractivity contribution is -0.132. The van der Waals surface area contributed by atoms with E-state index in [-0.39, 0.29) is 27.6 Å². The zero-order chi connectivity index (χ0) is 17.9. The summed E-state index contributed by atoms with van der Waals surface area (Å²) in [6.45, 7) is 0. The fraction of sp³-hybridized carbons (Fsp3) is 0. The molecule has 0 atom stereocenters. The number of nitrogens with one attached hydrogen (secondary N) is 1. The average molecular weight is 368 g/mol. The van der Waals surface area contributed by atoms with Crippen molar-refractivity contribution in [2.45, 2.75) is 0 Å². The van der Waals surface area contributed by atoms with Gasteiger partial charge in [0, 0.05) is 16.7 Å². The Morgan fingerprint density at radius 2 is 1.75 bits per heavy atom. The highest BCUT2D eigenvalue weighted by molar-refractivity contribution is 6.36. The molecule has 2 aromatic carbocycles. The van der Waals surface area contributed by atoms with Crippen LogP contribution in [-0.2, 0) is 4.79 Å². The second-order valence-electron chi connectivity index (χ2n) is 4.68. The van der Waals surface area contributed by atoms with Crippen LogP contribution in [0.1, 0.15) is 15.9 Å². The van der Waals surface area contributed by atoms with Crippen molar-refractivity contribution in [2.24, 2.45) is 0 Å². The summed E-state index contributed by atoms with van der Waals surface area (Å²) in [5.41, 5.74) is -0.331. The predicted octanol–water partition coefficient (Wildman–Crippen LogP) is 3.26. The number of hydrogen-bond acceptors (Lipinski definition) is 4. The van der Waals surface area contributed by atoms with Gasteiger partial charge in [-0.3, -0.25) is 4.79 Å². The molecule has 0 aliphatic rings. The third kappa shape index (κ3) is 4.18. The van der Waals surface area contributed by atoms with Crippen molar-refractivity contribution in [3.63, 3.8) is 0 Å². The van der Waals surface area contributed by atoms with E-state index in [1.165, 1.54) is 30.3 Å². The van der Waals surface area contributed by atoms with E-state index >= 15 is 0 Å². The number of halogens is 2. The van der Waals surface area contributed by atoms with Gasteiger partial charge in [-0.25, -0.2) is 4.79 Å². The first kappa shape index (κ1) is 17.7. The van der Waals surface area contributed by atoms with Crippen LogP contribution in [0.25, 0.3) is 6.08 Å². The summed E-state index contributed by atoms with van der Waals surface area (Å²) >= 11 is 11.7. The van der Waals surface area contributed by atoms with Crippen LogP contribution < -0.4 is 5.32 Å². The molecule has 0 radical (unpaired) electrons. The summed E-state index contributed by atoms with van der Waals surface area (Å²) in [6.07, 6.45) is 1.05. The quantitative estimate of drug-likeness (QED) is 0.620. The lowest BCUT2D eigenvalue weighted by atomic mass is 10.1. The van der Waals surface area contributed by atoms with Crippen LogP contribution in [0.2, 0.25) is 10.0 Å².